The number of nitrogens with zero attached hydrogens (tertiary/aromatic N) is 1. The lowest BCUT2D eigenvalue weighted by molar-refractivity contribution is 0.0883. The lowest BCUT2D eigenvalue weighted by Gasteiger charge is -2.30. The Morgan fingerprint density at radius 3 is 2.67 bits per heavy atom. The monoisotopic (exact) mass is 256 g/mol. The van der Waals surface area contributed by atoms with Gasteiger partial charge >= 0.3 is 6.03 Å². The Labute approximate surface area is 103 Å². The highest BCUT2D eigenvalue weighted by atomic mass is 19.1. The average Bonchev–Trinajstić information content (AvgIpc) is 2.34. The standard InChI is InChI=1S/C12H14F2N2O2/c13-9-4-1-5-10(14)11(9)15-12(18)16-6-2-3-8(17)7-16/h1,4-5,8,17H,2-3,6-7H2,(H,15,18). The van der Waals surface area contributed by atoms with Crippen molar-refractivity contribution in [3.8, 4) is 0 Å². The van der Waals surface area contributed by atoms with Crippen molar-refractivity contribution >= 4 is 11.7 Å². The number of nitrogens with one attached hydrogen (secondary N) is 1. The normalized spacial score (nSPS) is 19.7. The molecule has 0 radical (unpaired) electrons. The number of carbonyl (C=O) groups is 1. The van der Waals surface area contributed by atoms with Crippen LogP contribution in [0.5, 0.6) is 0 Å². The van der Waals surface area contributed by atoms with Crippen molar-refractivity contribution in [2.24, 2.45) is 0 Å². The molecule has 2 N–H and O–H groups in total. The maximum absolute atomic E-state index is 13.3. The van der Waals surface area contributed by atoms with Gasteiger partial charge in [-0.1, -0.05) is 6.07 Å². The molecule has 1 aromatic rings. The minimum atomic E-state index is -0.819. The van der Waals surface area contributed by atoms with Gasteiger partial charge in [0.25, 0.3) is 0 Å². The minimum Gasteiger partial charge on any atom is -0.391 e. The highest BCUT2D eigenvalue weighted by Crippen LogP contribution is 2.19. The van der Waals surface area contributed by atoms with Gasteiger partial charge in [0.15, 0.2) is 0 Å². The van der Waals surface area contributed by atoms with E-state index in [9.17, 15) is 18.7 Å². The summed E-state index contributed by atoms with van der Waals surface area (Å²) in [5, 5.41) is 11.6. The molecular weight excluding hydrogens is 242 g/mol. The summed E-state index contributed by atoms with van der Waals surface area (Å²) in [5.41, 5.74) is -0.456. The molecule has 2 amide bonds. The molecule has 1 aromatic carbocycles. The van der Waals surface area contributed by atoms with Crippen LogP contribution in [0.3, 0.4) is 0 Å². The van der Waals surface area contributed by atoms with Gasteiger partial charge in [0.2, 0.25) is 0 Å². The van der Waals surface area contributed by atoms with Crippen LogP contribution in [0.15, 0.2) is 18.2 Å². The summed E-state index contributed by atoms with van der Waals surface area (Å²) in [4.78, 5) is 13.1. The number of aliphatic hydroxyl groups excluding tert-OH is 1. The number of benzene rings is 1. The fraction of sp³-hybridized carbons (Fsp3) is 0.417. The van der Waals surface area contributed by atoms with Gasteiger partial charge in [-0.25, -0.2) is 13.6 Å². The highest BCUT2D eigenvalue weighted by molar-refractivity contribution is 5.89. The van der Waals surface area contributed by atoms with Crippen molar-refractivity contribution in [1.82, 2.24) is 4.90 Å². The number of hydrogen-bond donors (Lipinski definition) is 2. The van der Waals surface area contributed by atoms with E-state index in [1.54, 1.807) is 0 Å². The first kappa shape index (κ1) is 12.8. The first-order valence-electron chi connectivity index (χ1n) is 5.76. The van der Waals surface area contributed by atoms with E-state index in [0.29, 0.717) is 19.4 Å². The van der Waals surface area contributed by atoms with Gasteiger partial charge in [-0.15, -0.1) is 0 Å². The van der Waals surface area contributed by atoms with Gasteiger partial charge in [-0.3, -0.25) is 0 Å². The van der Waals surface area contributed by atoms with Crippen LogP contribution >= 0.6 is 0 Å². The number of aliphatic hydroxyl groups is 1. The van der Waals surface area contributed by atoms with Gasteiger partial charge in [-0.2, -0.15) is 0 Å². The maximum atomic E-state index is 13.3. The summed E-state index contributed by atoms with van der Waals surface area (Å²) in [5.74, 6) is -1.64. The molecule has 1 atom stereocenters. The second-order valence-electron chi connectivity index (χ2n) is 4.27. The molecule has 4 nitrogen and oxygen atoms in total. The molecule has 18 heavy (non-hydrogen) atoms. The molecule has 1 unspecified atom stereocenters. The Balaban J connectivity index is 2.07. The van der Waals surface area contributed by atoms with Crippen LogP contribution in [0.1, 0.15) is 12.8 Å². The van der Waals surface area contributed by atoms with E-state index in [-0.39, 0.29) is 6.54 Å². The molecule has 1 saturated heterocycles. The molecule has 1 aliphatic heterocycles. The van der Waals surface area contributed by atoms with Crippen molar-refractivity contribution in [2.75, 3.05) is 18.4 Å². The van der Waals surface area contributed by atoms with E-state index >= 15 is 0 Å². The lowest BCUT2D eigenvalue weighted by Crippen LogP contribution is -2.44. The van der Waals surface area contributed by atoms with Gasteiger partial charge in [-0.05, 0) is 25.0 Å². The number of likely N-dealkylation sites (tertiary alicyclic amines) is 1. The number of anilines is 1. The van der Waals surface area contributed by atoms with Gasteiger partial charge in [0, 0.05) is 13.1 Å². The summed E-state index contributed by atoms with van der Waals surface area (Å²) < 4.78 is 26.7. The van der Waals surface area contributed by atoms with Gasteiger partial charge in [0.05, 0.1) is 6.10 Å². The van der Waals surface area contributed by atoms with Crippen molar-refractivity contribution in [2.45, 2.75) is 18.9 Å². The summed E-state index contributed by atoms with van der Waals surface area (Å²) in [7, 11) is 0. The first-order chi connectivity index (χ1) is 8.58. The third-order valence-corrected chi connectivity index (χ3v) is 2.88. The van der Waals surface area contributed by atoms with Crippen molar-refractivity contribution in [3.63, 3.8) is 0 Å². The van der Waals surface area contributed by atoms with Crippen LogP contribution in [0.25, 0.3) is 0 Å². The van der Waals surface area contributed by atoms with Crippen LogP contribution in [0.4, 0.5) is 19.3 Å². The Kier molecular flexibility index (Phi) is 3.76. The van der Waals surface area contributed by atoms with Gasteiger partial charge < -0.3 is 15.3 Å². The highest BCUT2D eigenvalue weighted by Gasteiger charge is 2.23. The smallest absolute Gasteiger partial charge is 0.322 e. The number of amides is 2. The number of para-hydroxylation sites is 1. The summed E-state index contributed by atoms with van der Waals surface area (Å²) in [6.45, 7) is 0.654. The number of hydrogen-bond acceptors (Lipinski definition) is 2. The Hall–Kier alpha value is -1.69. The number of halogens is 2. The summed E-state index contributed by atoms with van der Waals surface area (Å²) >= 11 is 0. The fourth-order valence-corrected chi connectivity index (χ4v) is 1.94. The topological polar surface area (TPSA) is 52.6 Å². The summed E-state index contributed by atoms with van der Waals surface area (Å²) in [6, 6.07) is 2.77. The molecule has 1 fully saturated rings. The molecular formula is C12H14F2N2O2. The molecule has 0 aliphatic carbocycles. The van der Waals surface area contributed by atoms with Crippen molar-refractivity contribution < 1.29 is 18.7 Å². The van der Waals surface area contributed by atoms with E-state index in [4.69, 9.17) is 0 Å². The van der Waals surface area contributed by atoms with Crippen molar-refractivity contribution in [3.05, 3.63) is 29.8 Å². The SMILES string of the molecule is O=C(Nc1c(F)cccc1F)N1CCCC(O)C1. The second kappa shape index (κ2) is 5.30. The number of rotatable bonds is 1. The maximum Gasteiger partial charge on any atom is 0.322 e. The largest absolute Gasteiger partial charge is 0.391 e. The fourth-order valence-electron chi connectivity index (χ4n) is 1.94. The number of carbonyl (C=O) groups excluding carboxylic acids is 1. The van der Waals surface area contributed by atoms with E-state index in [1.165, 1.54) is 11.0 Å². The Morgan fingerprint density at radius 2 is 2.06 bits per heavy atom. The van der Waals surface area contributed by atoms with Crippen LogP contribution in [0.2, 0.25) is 0 Å². The molecule has 98 valence electrons. The van der Waals surface area contributed by atoms with E-state index in [2.05, 4.69) is 5.32 Å². The zero-order chi connectivity index (χ0) is 13.1. The lowest BCUT2D eigenvalue weighted by atomic mass is 10.1. The van der Waals surface area contributed by atoms with Crippen molar-refractivity contribution in [1.29, 1.82) is 0 Å². The average molecular weight is 256 g/mol. The molecule has 0 saturated carbocycles. The Bertz CT molecular complexity index is 433. The van der Waals surface area contributed by atoms with Crippen LogP contribution < -0.4 is 5.32 Å². The third-order valence-electron chi connectivity index (χ3n) is 2.88. The molecule has 0 aromatic heterocycles. The predicted octanol–water partition coefficient (Wildman–Crippen LogP) is 1.95. The first-order valence-corrected chi connectivity index (χ1v) is 5.76. The predicted molar refractivity (Wildman–Crippen MR) is 62.2 cm³/mol. The molecule has 1 heterocycles. The summed E-state index contributed by atoms with van der Waals surface area (Å²) in [6.07, 6.45) is 0.738. The van der Waals surface area contributed by atoms with Crippen LogP contribution in [-0.2, 0) is 0 Å². The Morgan fingerprint density at radius 1 is 1.39 bits per heavy atom. The molecule has 6 heteroatoms. The van der Waals surface area contributed by atoms with E-state index in [0.717, 1.165) is 12.1 Å². The molecule has 1 aliphatic rings. The second-order valence-corrected chi connectivity index (χ2v) is 4.27. The minimum absolute atomic E-state index is 0.182. The zero-order valence-corrected chi connectivity index (χ0v) is 9.70. The number of β-amino-alcohol motifs (C(OH)–C–C–N with tert-alkyl or cyclic N) is 1. The quantitative estimate of drug-likeness (QED) is 0.807. The molecule has 2 rings (SSSR count). The molecule has 0 bridgehead atoms. The van der Waals surface area contributed by atoms with Gasteiger partial charge in [0.1, 0.15) is 17.3 Å². The van der Waals surface area contributed by atoms with E-state index < -0.39 is 29.5 Å². The zero-order valence-electron chi connectivity index (χ0n) is 9.70. The van der Waals surface area contributed by atoms with Crippen LogP contribution in [0, 0.1) is 11.6 Å². The van der Waals surface area contributed by atoms with E-state index in [1.807, 2.05) is 0 Å². The number of piperidine rings is 1. The molecule has 0 spiro atoms. The third kappa shape index (κ3) is 2.76. The van der Waals surface area contributed by atoms with Crippen LogP contribution in [-0.4, -0.2) is 35.2 Å². The number of urea groups is 1.